The van der Waals surface area contributed by atoms with Crippen molar-refractivity contribution in [2.75, 3.05) is 31.2 Å². The van der Waals surface area contributed by atoms with Gasteiger partial charge in [0.15, 0.2) is 5.17 Å². The molecule has 2 saturated heterocycles. The van der Waals surface area contributed by atoms with Gasteiger partial charge in [-0.2, -0.15) is 0 Å². The smallest absolute Gasteiger partial charge is 0.270 e. The van der Waals surface area contributed by atoms with Crippen molar-refractivity contribution in [3.63, 3.8) is 0 Å². The van der Waals surface area contributed by atoms with Crippen LogP contribution >= 0.6 is 11.8 Å². The highest BCUT2D eigenvalue weighted by atomic mass is 32.2. The Morgan fingerprint density at radius 1 is 1.03 bits per heavy atom. The molecule has 4 aliphatic rings. The third-order valence-electron chi connectivity index (χ3n) is 7.50. The molecular weight excluding hydrogens is 464 g/mol. The molecule has 0 radical (unpaired) electrons. The van der Waals surface area contributed by atoms with E-state index in [0.717, 1.165) is 62.5 Å². The fourth-order valence-corrected chi connectivity index (χ4v) is 6.71. The Balaban J connectivity index is 1.50. The molecule has 188 valence electrons. The number of nitro groups is 1. The van der Waals surface area contributed by atoms with Crippen LogP contribution in [0.25, 0.3) is 6.08 Å². The number of carbonyl (C=O) groups excluding carboxylic acids is 1. The molecule has 1 aromatic carbocycles. The highest BCUT2D eigenvalue weighted by Gasteiger charge is 2.39. The fraction of sp³-hybridized carbons (Fsp3) is 0.615. The molecule has 8 nitrogen and oxygen atoms in total. The minimum atomic E-state index is -0.376. The Morgan fingerprint density at radius 3 is 2.40 bits per heavy atom. The standard InChI is InChI=1S/C26H34N4O4S/c31-25-24(18-19-17-22(30(32)33)11-12-23(19)28-13-15-34-16-14-28)35-26(27-20-7-3-1-4-8-20)29(25)21-9-5-2-6-10-21/h11-12,17-18,20-21H,1-10,13-16H2. The van der Waals surface area contributed by atoms with Gasteiger partial charge in [0.05, 0.1) is 29.1 Å². The number of morpholine rings is 1. The maximum absolute atomic E-state index is 13.8. The minimum Gasteiger partial charge on any atom is -0.378 e. The van der Waals surface area contributed by atoms with Crippen molar-refractivity contribution in [2.24, 2.45) is 4.99 Å². The molecule has 0 N–H and O–H groups in total. The SMILES string of the molecule is O=C1C(=Cc2cc([N+](=O)[O-])ccc2N2CCOCC2)SC(=NC2CCCCC2)N1C1CCCCC1. The average molecular weight is 499 g/mol. The zero-order valence-electron chi connectivity index (χ0n) is 20.2. The molecule has 2 aliphatic heterocycles. The topological polar surface area (TPSA) is 88.3 Å². The summed E-state index contributed by atoms with van der Waals surface area (Å²) in [7, 11) is 0. The van der Waals surface area contributed by atoms with E-state index in [1.807, 2.05) is 11.0 Å². The summed E-state index contributed by atoms with van der Waals surface area (Å²) in [5.74, 6) is -0.00380. The molecule has 9 heteroatoms. The Kier molecular flexibility index (Phi) is 7.72. The van der Waals surface area contributed by atoms with E-state index in [1.54, 1.807) is 18.2 Å². The minimum absolute atomic E-state index is 0.00380. The largest absolute Gasteiger partial charge is 0.378 e. The second-order valence-corrected chi connectivity index (χ2v) is 10.9. The molecule has 2 heterocycles. The number of rotatable bonds is 5. The van der Waals surface area contributed by atoms with Gasteiger partial charge >= 0.3 is 0 Å². The first-order chi connectivity index (χ1) is 17.1. The van der Waals surface area contributed by atoms with Crippen molar-refractivity contribution < 1.29 is 14.5 Å². The lowest BCUT2D eigenvalue weighted by Crippen LogP contribution is -2.41. The van der Waals surface area contributed by atoms with Crippen molar-refractivity contribution in [2.45, 2.75) is 76.3 Å². The van der Waals surface area contributed by atoms with Crippen molar-refractivity contribution in [1.82, 2.24) is 4.90 Å². The summed E-state index contributed by atoms with van der Waals surface area (Å²) < 4.78 is 5.50. The van der Waals surface area contributed by atoms with Crippen LogP contribution in [0.3, 0.4) is 0 Å². The molecule has 0 spiro atoms. The second kappa shape index (κ2) is 11.1. The third kappa shape index (κ3) is 5.56. The van der Waals surface area contributed by atoms with Gasteiger partial charge in [-0.3, -0.25) is 24.8 Å². The maximum Gasteiger partial charge on any atom is 0.270 e. The first-order valence-corrected chi connectivity index (χ1v) is 13.8. The van der Waals surface area contributed by atoms with Gasteiger partial charge in [-0.15, -0.1) is 0 Å². The van der Waals surface area contributed by atoms with E-state index in [2.05, 4.69) is 4.90 Å². The zero-order valence-corrected chi connectivity index (χ0v) is 21.0. The summed E-state index contributed by atoms with van der Waals surface area (Å²) >= 11 is 1.45. The quantitative estimate of drug-likeness (QED) is 0.308. The number of amides is 1. The van der Waals surface area contributed by atoms with Crippen LogP contribution in [0.2, 0.25) is 0 Å². The predicted molar refractivity (Wildman–Crippen MR) is 140 cm³/mol. The predicted octanol–water partition coefficient (Wildman–Crippen LogP) is 5.37. The first-order valence-electron chi connectivity index (χ1n) is 13.0. The Bertz CT molecular complexity index is 1010. The number of aliphatic imine (C=N–C) groups is 1. The number of anilines is 1. The number of amidine groups is 1. The molecule has 1 amide bonds. The van der Waals surface area contributed by atoms with Crippen molar-refractivity contribution in [3.8, 4) is 0 Å². The Labute approximate surface area is 210 Å². The number of ether oxygens (including phenoxy) is 1. The third-order valence-corrected chi connectivity index (χ3v) is 8.50. The molecule has 5 rings (SSSR count). The van der Waals surface area contributed by atoms with Crippen LogP contribution in [-0.4, -0.2) is 59.3 Å². The lowest BCUT2D eigenvalue weighted by molar-refractivity contribution is -0.384. The Hall–Kier alpha value is -2.39. The van der Waals surface area contributed by atoms with Crippen LogP contribution in [0.15, 0.2) is 28.1 Å². The molecule has 4 fully saturated rings. The number of non-ortho nitro benzene ring substituents is 1. The van der Waals surface area contributed by atoms with Gasteiger partial charge in [0.2, 0.25) is 0 Å². The summed E-state index contributed by atoms with van der Waals surface area (Å²) in [5, 5.41) is 12.4. The van der Waals surface area contributed by atoms with Gasteiger partial charge in [0.25, 0.3) is 11.6 Å². The number of hydrogen-bond acceptors (Lipinski definition) is 7. The zero-order chi connectivity index (χ0) is 24.2. The van der Waals surface area contributed by atoms with E-state index >= 15 is 0 Å². The van der Waals surface area contributed by atoms with Gasteiger partial charge in [0, 0.05) is 42.5 Å². The molecule has 35 heavy (non-hydrogen) atoms. The van der Waals surface area contributed by atoms with Crippen molar-refractivity contribution in [3.05, 3.63) is 38.8 Å². The van der Waals surface area contributed by atoms with Crippen LogP contribution in [0.5, 0.6) is 0 Å². The van der Waals surface area contributed by atoms with Crippen LogP contribution in [0.4, 0.5) is 11.4 Å². The highest BCUT2D eigenvalue weighted by Crippen LogP contribution is 2.40. The highest BCUT2D eigenvalue weighted by molar-refractivity contribution is 8.18. The van der Waals surface area contributed by atoms with Crippen LogP contribution in [0, 0.1) is 10.1 Å². The van der Waals surface area contributed by atoms with Crippen LogP contribution < -0.4 is 4.90 Å². The molecule has 0 atom stereocenters. The van der Waals surface area contributed by atoms with Gasteiger partial charge in [-0.25, -0.2) is 0 Å². The molecule has 0 unspecified atom stereocenters. The van der Waals surface area contributed by atoms with Gasteiger partial charge in [-0.1, -0.05) is 38.5 Å². The molecule has 0 aromatic heterocycles. The summed E-state index contributed by atoms with van der Waals surface area (Å²) in [6, 6.07) is 5.41. The molecule has 1 aromatic rings. The fourth-order valence-electron chi connectivity index (χ4n) is 5.61. The molecule has 2 aliphatic carbocycles. The number of benzene rings is 1. The monoisotopic (exact) mass is 498 g/mol. The summed E-state index contributed by atoms with van der Waals surface area (Å²) in [4.78, 5) is 34.8. The lowest BCUT2D eigenvalue weighted by atomic mass is 9.94. The van der Waals surface area contributed by atoms with Crippen LogP contribution in [-0.2, 0) is 9.53 Å². The number of carbonyl (C=O) groups is 1. The van der Waals surface area contributed by atoms with Gasteiger partial charge in [0.1, 0.15) is 0 Å². The van der Waals surface area contributed by atoms with Gasteiger partial charge in [-0.05, 0) is 49.6 Å². The molecule has 0 bridgehead atoms. The van der Waals surface area contributed by atoms with E-state index in [-0.39, 0.29) is 28.6 Å². The van der Waals surface area contributed by atoms with E-state index in [1.165, 1.54) is 37.4 Å². The van der Waals surface area contributed by atoms with Crippen LogP contribution in [0.1, 0.15) is 69.8 Å². The second-order valence-electron chi connectivity index (χ2n) is 9.88. The molecule has 2 saturated carbocycles. The first kappa shape index (κ1) is 24.3. The normalized spacial score (nSPS) is 25.1. The number of thioether (sulfide) groups is 1. The summed E-state index contributed by atoms with van der Waals surface area (Å²) in [5.41, 5.74) is 1.64. The van der Waals surface area contributed by atoms with E-state index in [9.17, 15) is 14.9 Å². The van der Waals surface area contributed by atoms with E-state index in [4.69, 9.17) is 9.73 Å². The summed E-state index contributed by atoms with van der Waals surface area (Å²) in [6.07, 6.45) is 13.2. The van der Waals surface area contributed by atoms with Crippen molar-refractivity contribution >= 4 is 40.3 Å². The number of hydrogen-bond donors (Lipinski definition) is 0. The number of nitro benzene ring substituents is 1. The van der Waals surface area contributed by atoms with Crippen molar-refractivity contribution in [1.29, 1.82) is 0 Å². The summed E-state index contributed by atoms with van der Waals surface area (Å²) in [6.45, 7) is 2.68. The van der Waals surface area contributed by atoms with E-state index < -0.39 is 0 Å². The average Bonchev–Trinajstić information content (AvgIpc) is 3.19. The van der Waals surface area contributed by atoms with Gasteiger partial charge < -0.3 is 9.64 Å². The number of nitrogens with zero attached hydrogens (tertiary/aromatic N) is 4. The van der Waals surface area contributed by atoms with E-state index in [0.29, 0.717) is 23.7 Å². The molecular formula is C26H34N4O4S. The maximum atomic E-state index is 13.8. The lowest BCUT2D eigenvalue weighted by Gasteiger charge is -2.31. The Morgan fingerprint density at radius 2 is 1.71 bits per heavy atom.